The van der Waals surface area contributed by atoms with Gasteiger partial charge in [-0.25, -0.2) is 0 Å². The molecule has 8 nitrogen and oxygen atoms in total. The van der Waals surface area contributed by atoms with E-state index in [1.807, 2.05) is 11.6 Å². The van der Waals surface area contributed by atoms with Crippen LogP contribution < -0.4 is 10.5 Å². The Labute approximate surface area is 113 Å². The maximum atomic E-state index is 11.8. The summed E-state index contributed by atoms with van der Waals surface area (Å²) in [6, 6.07) is -1.36. The monoisotopic (exact) mass is 295 g/mol. The average molecular weight is 295 g/mol. The molecule has 0 unspecified atom stereocenters. The largest absolute Gasteiger partial charge is 0.480 e. The van der Waals surface area contributed by atoms with Gasteiger partial charge in [-0.05, 0) is 12.8 Å². The van der Waals surface area contributed by atoms with Crippen molar-refractivity contribution in [2.75, 3.05) is 13.6 Å². The molecule has 0 rings (SSSR count). The molecule has 4 N–H and O–H groups in total. The molecule has 0 fully saturated rings. The molecule has 0 aromatic carbocycles. The van der Waals surface area contributed by atoms with E-state index in [0.717, 1.165) is 10.7 Å². The van der Waals surface area contributed by atoms with Gasteiger partial charge in [-0.1, -0.05) is 13.3 Å². The number of nitrogens with zero attached hydrogens (tertiary/aromatic N) is 1. The number of primary amides is 1. The third kappa shape index (κ3) is 7.09. The Morgan fingerprint density at radius 3 is 2.42 bits per heavy atom. The van der Waals surface area contributed by atoms with Gasteiger partial charge in [-0.3, -0.25) is 9.59 Å². The van der Waals surface area contributed by atoms with E-state index in [1.165, 1.54) is 7.05 Å². The number of nitrogens with two attached hydrogens (primary N) is 1. The fourth-order valence-electron chi connectivity index (χ4n) is 1.29. The van der Waals surface area contributed by atoms with Crippen LogP contribution in [0.1, 0.15) is 32.6 Å². The Morgan fingerprint density at radius 2 is 2.00 bits per heavy atom. The Kier molecular flexibility index (Phi) is 7.57. The van der Waals surface area contributed by atoms with Crippen LogP contribution in [0.5, 0.6) is 0 Å². The molecule has 0 aromatic rings. The molecular weight excluding hydrogens is 274 g/mol. The summed E-state index contributed by atoms with van der Waals surface area (Å²) in [4.78, 5) is 21.5. The van der Waals surface area contributed by atoms with Crippen LogP contribution in [0.25, 0.3) is 0 Å². The molecule has 1 atom stereocenters. The molecule has 0 saturated heterocycles. The highest BCUT2D eigenvalue weighted by atomic mass is 32.2. The third-order valence-corrected chi connectivity index (χ3v) is 4.09. The van der Waals surface area contributed by atoms with E-state index in [2.05, 4.69) is 0 Å². The first-order valence-electron chi connectivity index (χ1n) is 5.95. The third-order valence-electron chi connectivity index (χ3n) is 2.51. The van der Waals surface area contributed by atoms with Gasteiger partial charge < -0.3 is 10.8 Å². The van der Waals surface area contributed by atoms with Gasteiger partial charge in [0.15, 0.2) is 0 Å². The van der Waals surface area contributed by atoms with Gasteiger partial charge in [0.2, 0.25) is 5.91 Å². The van der Waals surface area contributed by atoms with Crippen LogP contribution in [0.3, 0.4) is 0 Å². The fraction of sp³-hybridized carbons (Fsp3) is 0.800. The zero-order valence-corrected chi connectivity index (χ0v) is 11.9. The normalized spacial score (nSPS) is 13.4. The Balaban J connectivity index is 4.64. The zero-order valence-electron chi connectivity index (χ0n) is 11.1. The minimum absolute atomic E-state index is 0.175. The van der Waals surface area contributed by atoms with Crippen molar-refractivity contribution in [3.05, 3.63) is 0 Å². The lowest BCUT2D eigenvalue weighted by Crippen LogP contribution is -2.47. The Morgan fingerprint density at radius 1 is 1.42 bits per heavy atom. The molecule has 19 heavy (non-hydrogen) atoms. The van der Waals surface area contributed by atoms with Crippen molar-refractivity contribution < 1.29 is 23.1 Å². The molecule has 0 aromatic heterocycles. The highest BCUT2D eigenvalue weighted by Gasteiger charge is 2.26. The van der Waals surface area contributed by atoms with Crippen LogP contribution in [0.2, 0.25) is 0 Å². The van der Waals surface area contributed by atoms with Gasteiger partial charge in [0.05, 0.1) is 0 Å². The van der Waals surface area contributed by atoms with Crippen molar-refractivity contribution >= 4 is 22.1 Å². The Hall–Kier alpha value is -1.19. The number of hydrogen-bond donors (Lipinski definition) is 3. The van der Waals surface area contributed by atoms with Crippen molar-refractivity contribution in [3.8, 4) is 0 Å². The second-order valence-corrected chi connectivity index (χ2v) is 6.00. The first-order chi connectivity index (χ1) is 8.70. The van der Waals surface area contributed by atoms with E-state index in [-0.39, 0.29) is 12.8 Å². The molecule has 0 spiro atoms. The summed E-state index contributed by atoms with van der Waals surface area (Å²) in [5.74, 6) is -2.02. The number of carbonyl (C=O) groups excluding carboxylic acids is 1. The summed E-state index contributed by atoms with van der Waals surface area (Å²) in [5, 5.41) is 8.91. The van der Waals surface area contributed by atoms with E-state index in [9.17, 15) is 18.0 Å². The molecule has 0 saturated carbocycles. The molecule has 0 bridgehead atoms. The van der Waals surface area contributed by atoms with Gasteiger partial charge in [0.1, 0.15) is 6.04 Å². The van der Waals surface area contributed by atoms with E-state index >= 15 is 0 Å². The van der Waals surface area contributed by atoms with Gasteiger partial charge in [-0.15, -0.1) is 0 Å². The van der Waals surface area contributed by atoms with Crippen LogP contribution in [0, 0.1) is 0 Å². The second-order valence-electron chi connectivity index (χ2n) is 4.19. The summed E-state index contributed by atoms with van der Waals surface area (Å²) in [5.41, 5.74) is 4.91. The summed E-state index contributed by atoms with van der Waals surface area (Å²) in [6.07, 6.45) is 1.13. The maximum Gasteiger partial charge on any atom is 0.321 e. The number of carboxylic acid groups (broad SMARTS) is 1. The van der Waals surface area contributed by atoms with E-state index in [0.29, 0.717) is 13.0 Å². The van der Waals surface area contributed by atoms with Crippen LogP contribution >= 0.6 is 0 Å². The number of hydrogen-bond acceptors (Lipinski definition) is 4. The molecule has 112 valence electrons. The molecule has 0 aliphatic heterocycles. The van der Waals surface area contributed by atoms with Gasteiger partial charge >= 0.3 is 5.97 Å². The van der Waals surface area contributed by atoms with Crippen LogP contribution in [0.15, 0.2) is 0 Å². The van der Waals surface area contributed by atoms with Crippen molar-refractivity contribution in [2.24, 2.45) is 5.73 Å². The Bertz CT molecular complexity index is 409. The number of unbranched alkanes of at least 4 members (excludes halogenated alkanes) is 1. The van der Waals surface area contributed by atoms with Gasteiger partial charge in [0, 0.05) is 20.0 Å². The summed E-state index contributed by atoms with van der Waals surface area (Å²) in [6.45, 7) is 2.22. The second kappa shape index (κ2) is 8.08. The summed E-state index contributed by atoms with van der Waals surface area (Å²) in [7, 11) is -2.51. The van der Waals surface area contributed by atoms with Crippen molar-refractivity contribution in [3.63, 3.8) is 0 Å². The van der Waals surface area contributed by atoms with E-state index in [4.69, 9.17) is 10.8 Å². The standard InChI is InChI=1S/C10H21N3O5S/c1-3-4-7-13(2)19(17,18)12-8(10(15)16)5-6-9(11)14/h8,12H,3-7H2,1-2H3,(H2,11,14)(H,15,16)/t8-/m0/s1. The van der Waals surface area contributed by atoms with Crippen LogP contribution in [-0.4, -0.2) is 49.3 Å². The van der Waals surface area contributed by atoms with Crippen molar-refractivity contribution in [1.29, 1.82) is 0 Å². The predicted molar refractivity (Wildman–Crippen MR) is 69.4 cm³/mol. The minimum Gasteiger partial charge on any atom is -0.480 e. The first-order valence-corrected chi connectivity index (χ1v) is 7.39. The number of rotatable bonds is 10. The molecule has 0 radical (unpaired) electrons. The molecule has 1 amide bonds. The number of amides is 1. The number of carbonyl (C=O) groups is 2. The molecular formula is C10H21N3O5S. The summed E-state index contributed by atoms with van der Waals surface area (Å²) < 4.78 is 26.8. The number of aliphatic carboxylic acids is 1. The smallest absolute Gasteiger partial charge is 0.321 e. The quantitative estimate of drug-likeness (QED) is 0.489. The predicted octanol–water partition coefficient (Wildman–Crippen LogP) is -0.729. The minimum atomic E-state index is -3.87. The highest BCUT2D eigenvalue weighted by Crippen LogP contribution is 2.04. The van der Waals surface area contributed by atoms with Crippen LogP contribution in [0.4, 0.5) is 0 Å². The lowest BCUT2D eigenvalue weighted by molar-refractivity contribution is -0.139. The van der Waals surface area contributed by atoms with E-state index in [1.54, 1.807) is 0 Å². The van der Waals surface area contributed by atoms with Gasteiger partial charge in [0.25, 0.3) is 10.2 Å². The van der Waals surface area contributed by atoms with Crippen molar-refractivity contribution in [1.82, 2.24) is 9.03 Å². The maximum absolute atomic E-state index is 11.8. The first kappa shape index (κ1) is 17.8. The fourth-order valence-corrected chi connectivity index (χ4v) is 2.42. The number of nitrogens with one attached hydrogen (secondary N) is 1. The number of carboxylic acids is 1. The van der Waals surface area contributed by atoms with E-state index < -0.39 is 28.1 Å². The van der Waals surface area contributed by atoms with Crippen LogP contribution in [-0.2, 0) is 19.8 Å². The molecule has 0 aliphatic carbocycles. The summed E-state index contributed by atoms with van der Waals surface area (Å²) >= 11 is 0. The zero-order chi connectivity index (χ0) is 15.1. The SMILES string of the molecule is CCCCN(C)S(=O)(=O)N[C@@H](CCC(N)=O)C(=O)O. The van der Waals surface area contributed by atoms with Crippen molar-refractivity contribution in [2.45, 2.75) is 38.6 Å². The lowest BCUT2D eigenvalue weighted by atomic mass is 10.2. The molecule has 0 aliphatic rings. The topological polar surface area (TPSA) is 130 Å². The lowest BCUT2D eigenvalue weighted by Gasteiger charge is -2.20. The molecule has 0 heterocycles. The molecule has 9 heteroatoms. The highest BCUT2D eigenvalue weighted by molar-refractivity contribution is 7.87. The van der Waals surface area contributed by atoms with Gasteiger partial charge in [-0.2, -0.15) is 17.4 Å². The average Bonchev–Trinajstić information content (AvgIpc) is 2.30.